The van der Waals surface area contributed by atoms with Gasteiger partial charge in [-0.2, -0.15) is 17.6 Å². The Morgan fingerprint density at radius 3 is 2.21 bits per heavy atom. The molecule has 0 radical (unpaired) electrons. The molecular weight excluding hydrogens is 516 g/mol. The lowest BCUT2D eigenvalue weighted by Gasteiger charge is -2.41. The smallest absolute Gasteiger partial charge is 0.422 e. The highest BCUT2D eigenvalue weighted by atomic mass is 19.3. The Labute approximate surface area is 229 Å². The van der Waals surface area contributed by atoms with Crippen molar-refractivity contribution in [3.05, 3.63) is 36.4 Å². The van der Waals surface area contributed by atoms with E-state index in [1.807, 2.05) is 6.08 Å². The summed E-state index contributed by atoms with van der Waals surface area (Å²) in [5.41, 5.74) is 0. The van der Waals surface area contributed by atoms with E-state index in [1.54, 1.807) is 6.92 Å². The fraction of sp³-hybridized carbons (Fsp3) is 0.733. The molecule has 0 aromatic heterocycles. The summed E-state index contributed by atoms with van der Waals surface area (Å²) in [7, 11) is 0. The Bertz CT molecular complexity index is 905. The zero-order valence-corrected chi connectivity index (χ0v) is 22.9. The quantitative estimate of drug-likeness (QED) is 0.197. The zero-order valence-electron chi connectivity index (χ0n) is 22.9. The summed E-state index contributed by atoms with van der Waals surface area (Å²) in [6.07, 6.45) is 8.01. The van der Waals surface area contributed by atoms with Crippen molar-refractivity contribution >= 4 is 0 Å². The van der Waals surface area contributed by atoms with Crippen LogP contribution in [0.4, 0.5) is 17.6 Å². The molecule has 0 N–H and O–H groups in total. The van der Waals surface area contributed by atoms with Crippen LogP contribution in [0.1, 0.15) is 71.1 Å². The molecule has 9 heteroatoms. The third-order valence-corrected chi connectivity index (χ3v) is 8.41. The van der Waals surface area contributed by atoms with E-state index >= 15 is 0 Å². The summed E-state index contributed by atoms with van der Waals surface area (Å²) in [5, 5.41) is 0. The molecule has 39 heavy (non-hydrogen) atoms. The third kappa shape index (κ3) is 8.33. The predicted octanol–water partition coefficient (Wildman–Crippen LogP) is 7.47. The van der Waals surface area contributed by atoms with E-state index in [9.17, 15) is 17.6 Å². The van der Waals surface area contributed by atoms with E-state index in [0.29, 0.717) is 36.7 Å². The summed E-state index contributed by atoms with van der Waals surface area (Å²) in [4.78, 5) is 0. The molecule has 4 rings (SSSR count). The Kier molecular flexibility index (Phi) is 10.9. The number of hydrogen-bond acceptors (Lipinski definition) is 5. The molecule has 1 aliphatic carbocycles. The van der Waals surface area contributed by atoms with E-state index in [4.69, 9.17) is 18.9 Å². The van der Waals surface area contributed by atoms with Gasteiger partial charge in [0, 0.05) is 5.92 Å². The Morgan fingerprint density at radius 2 is 1.56 bits per heavy atom. The van der Waals surface area contributed by atoms with Crippen LogP contribution in [0.25, 0.3) is 0 Å². The van der Waals surface area contributed by atoms with Crippen molar-refractivity contribution in [3.63, 3.8) is 0 Å². The number of benzene rings is 1. The van der Waals surface area contributed by atoms with E-state index in [-0.39, 0.29) is 24.6 Å². The molecule has 4 unspecified atom stereocenters. The fourth-order valence-electron chi connectivity index (χ4n) is 6.18. The fourth-order valence-corrected chi connectivity index (χ4v) is 6.18. The van der Waals surface area contributed by atoms with Gasteiger partial charge in [-0.05, 0) is 95.1 Å². The van der Waals surface area contributed by atoms with Crippen LogP contribution in [0.5, 0.6) is 11.5 Å². The number of allylic oxidation sites excluding steroid dienone is 1. The monoisotopic (exact) mass is 558 g/mol. The lowest BCUT2D eigenvalue weighted by molar-refractivity contribution is -0.224. The Morgan fingerprint density at radius 1 is 0.897 bits per heavy atom. The molecule has 4 atom stereocenters. The predicted molar refractivity (Wildman–Crippen MR) is 139 cm³/mol. The number of ether oxygens (including phenoxy) is 5. The highest BCUT2D eigenvalue weighted by molar-refractivity contribution is 5.35. The van der Waals surface area contributed by atoms with Gasteiger partial charge in [-0.25, -0.2) is 0 Å². The second-order valence-corrected chi connectivity index (χ2v) is 11.1. The minimum absolute atomic E-state index is 0.115. The van der Waals surface area contributed by atoms with Crippen LogP contribution in [0, 0.1) is 29.4 Å². The molecule has 1 aromatic rings. The standard InChI is InChI=1S/C30H42F4O5/c1-3-5-6-23-13-9-22(18-36-23)25-14-10-21(17-37-25)20-7-11-24(12-8-20)38-19-30(33,34)39-27-16-15-26(35-4-2)28(31)29(27)32/h3,15-16,20-25H,1,4-14,17-19H2,2H3. The minimum atomic E-state index is -3.79. The highest BCUT2D eigenvalue weighted by Gasteiger charge is 2.38. The van der Waals surface area contributed by atoms with Gasteiger partial charge in [0.2, 0.25) is 11.6 Å². The van der Waals surface area contributed by atoms with Crippen LogP contribution in [-0.4, -0.2) is 50.8 Å². The van der Waals surface area contributed by atoms with Gasteiger partial charge < -0.3 is 23.7 Å². The summed E-state index contributed by atoms with van der Waals surface area (Å²) in [5.74, 6) is -2.66. The lowest BCUT2D eigenvalue weighted by Crippen LogP contribution is -2.40. The lowest BCUT2D eigenvalue weighted by atomic mass is 9.75. The molecule has 1 saturated carbocycles. The summed E-state index contributed by atoms with van der Waals surface area (Å²) in [6, 6.07) is 2.00. The molecule has 5 nitrogen and oxygen atoms in total. The summed E-state index contributed by atoms with van der Waals surface area (Å²) in [6.45, 7) is 6.00. The molecular formula is C30H42F4O5. The van der Waals surface area contributed by atoms with Crippen LogP contribution in [0.15, 0.2) is 24.8 Å². The Balaban J connectivity index is 1.15. The molecule has 1 aromatic carbocycles. The number of rotatable bonds is 12. The third-order valence-electron chi connectivity index (χ3n) is 8.41. The van der Waals surface area contributed by atoms with E-state index in [1.165, 1.54) is 0 Å². The van der Waals surface area contributed by atoms with Gasteiger partial charge in [0.15, 0.2) is 18.1 Å². The van der Waals surface area contributed by atoms with Gasteiger partial charge in [-0.1, -0.05) is 6.08 Å². The van der Waals surface area contributed by atoms with Crippen molar-refractivity contribution in [2.75, 3.05) is 26.4 Å². The van der Waals surface area contributed by atoms with E-state index in [2.05, 4.69) is 11.3 Å². The molecule has 2 saturated heterocycles. The van der Waals surface area contributed by atoms with Crippen molar-refractivity contribution in [2.45, 2.75) is 95.6 Å². The average Bonchev–Trinajstić information content (AvgIpc) is 2.95. The molecule has 220 valence electrons. The van der Waals surface area contributed by atoms with Gasteiger partial charge >= 0.3 is 6.11 Å². The van der Waals surface area contributed by atoms with Gasteiger partial charge in [-0.3, -0.25) is 0 Å². The SMILES string of the molecule is C=CCCC1CCC(C2CCC(C3CCC(OCC(F)(F)Oc4ccc(OCC)c(F)c4F)CC3)CO2)CO1. The van der Waals surface area contributed by atoms with E-state index in [0.717, 1.165) is 76.7 Å². The maximum atomic E-state index is 14.4. The summed E-state index contributed by atoms with van der Waals surface area (Å²) >= 11 is 0. The normalized spacial score (nSPS) is 30.1. The molecule has 2 heterocycles. The average molecular weight is 559 g/mol. The van der Waals surface area contributed by atoms with Gasteiger partial charge in [0.25, 0.3) is 0 Å². The van der Waals surface area contributed by atoms with Gasteiger partial charge in [0.1, 0.15) is 0 Å². The second kappa shape index (κ2) is 14.2. The second-order valence-electron chi connectivity index (χ2n) is 11.1. The first-order valence-corrected chi connectivity index (χ1v) is 14.4. The zero-order chi connectivity index (χ0) is 27.8. The minimum Gasteiger partial charge on any atom is -0.491 e. The molecule has 0 spiro atoms. The summed E-state index contributed by atoms with van der Waals surface area (Å²) < 4.78 is 84.1. The molecule has 2 aliphatic heterocycles. The van der Waals surface area contributed by atoms with Crippen LogP contribution in [-0.2, 0) is 14.2 Å². The number of halogens is 4. The van der Waals surface area contributed by atoms with Crippen molar-refractivity contribution < 1.29 is 41.2 Å². The van der Waals surface area contributed by atoms with Crippen molar-refractivity contribution in [2.24, 2.45) is 17.8 Å². The maximum Gasteiger partial charge on any atom is 0.422 e. The first-order chi connectivity index (χ1) is 18.8. The van der Waals surface area contributed by atoms with Crippen molar-refractivity contribution in [1.82, 2.24) is 0 Å². The topological polar surface area (TPSA) is 46.2 Å². The van der Waals surface area contributed by atoms with Crippen LogP contribution < -0.4 is 9.47 Å². The van der Waals surface area contributed by atoms with Crippen LogP contribution >= 0.6 is 0 Å². The van der Waals surface area contributed by atoms with Crippen molar-refractivity contribution in [1.29, 1.82) is 0 Å². The molecule has 3 aliphatic rings. The van der Waals surface area contributed by atoms with Crippen molar-refractivity contribution in [3.8, 4) is 11.5 Å². The maximum absolute atomic E-state index is 14.4. The number of hydrogen-bond donors (Lipinski definition) is 0. The highest BCUT2D eigenvalue weighted by Crippen LogP contribution is 2.39. The molecule has 0 amide bonds. The van der Waals surface area contributed by atoms with Crippen LogP contribution in [0.3, 0.4) is 0 Å². The largest absolute Gasteiger partial charge is 0.491 e. The first kappa shape index (κ1) is 30.1. The van der Waals surface area contributed by atoms with Gasteiger partial charge in [0.05, 0.1) is 38.1 Å². The Hall–Kier alpha value is -1.84. The molecule has 3 fully saturated rings. The first-order valence-electron chi connectivity index (χ1n) is 14.4. The van der Waals surface area contributed by atoms with Gasteiger partial charge in [-0.15, -0.1) is 6.58 Å². The van der Waals surface area contributed by atoms with Crippen LogP contribution in [0.2, 0.25) is 0 Å². The van der Waals surface area contributed by atoms with E-state index < -0.39 is 30.1 Å². The molecule has 0 bridgehead atoms. The number of alkyl halides is 2.